The zero-order valence-corrected chi connectivity index (χ0v) is 22.3. The van der Waals surface area contributed by atoms with Gasteiger partial charge in [-0.05, 0) is 77.5 Å². The van der Waals surface area contributed by atoms with Crippen molar-refractivity contribution in [3.05, 3.63) is 0 Å². The van der Waals surface area contributed by atoms with Crippen molar-refractivity contribution in [3.8, 4) is 83.4 Å². The van der Waals surface area contributed by atoms with Gasteiger partial charge in [-0.1, -0.05) is 71.1 Å². The SMILES string of the molecule is C#CC#CC#CC#CC#CC#CC#CC(=O)OC[C@@H](CO)OC(=O)CCCCCCCCCCCCC.N.[HH].[HH].[HH].[HH].[HH].[HH].[HH].[HH].[HH].[HH].[HH].[HH].[HH]. The van der Waals surface area contributed by atoms with Crippen LogP contribution >= 0.6 is 0 Å². The molecule has 0 aromatic heterocycles. The Morgan fingerprint density at radius 2 is 1.18 bits per heavy atom. The highest BCUT2D eigenvalue weighted by Gasteiger charge is 2.15. The van der Waals surface area contributed by atoms with Crippen molar-refractivity contribution in [1.29, 1.82) is 0 Å². The van der Waals surface area contributed by atoms with Crippen LogP contribution in [0.4, 0.5) is 0 Å². The maximum Gasteiger partial charge on any atom is 0.385 e. The Kier molecular flexibility index (Phi) is 27.4. The fourth-order valence-corrected chi connectivity index (χ4v) is 2.91. The normalized spacial score (nSPS) is 8.87. The predicted molar refractivity (Wildman–Crippen MR) is 177 cm³/mol. The largest absolute Gasteiger partial charge is 0.456 e. The molecule has 6 heteroatoms. The monoisotopic (exact) mass is 541 g/mol. The number of aliphatic hydroxyl groups excluding tert-OH is 1. The Bertz CT molecular complexity index is 1150. The van der Waals surface area contributed by atoms with E-state index in [0.717, 1.165) is 19.3 Å². The maximum absolute atomic E-state index is 12.0. The molecule has 4 N–H and O–H groups in total. The number of rotatable bonds is 16. The van der Waals surface area contributed by atoms with Crippen LogP contribution in [0.25, 0.3) is 0 Å². The molecular formula is C32H63NO5. The van der Waals surface area contributed by atoms with Crippen molar-refractivity contribution in [2.45, 2.75) is 90.1 Å². The van der Waals surface area contributed by atoms with E-state index in [1.807, 2.05) is 0 Å². The average molecular weight is 542 g/mol. The highest BCUT2D eigenvalue weighted by atomic mass is 16.6. The van der Waals surface area contributed by atoms with E-state index in [1.54, 1.807) is 0 Å². The fourth-order valence-electron chi connectivity index (χ4n) is 2.91. The highest BCUT2D eigenvalue weighted by Crippen LogP contribution is 2.12. The van der Waals surface area contributed by atoms with Gasteiger partial charge in [0.2, 0.25) is 0 Å². The molecule has 38 heavy (non-hydrogen) atoms. The topological polar surface area (TPSA) is 108 Å². The van der Waals surface area contributed by atoms with E-state index in [2.05, 4.69) is 83.9 Å². The van der Waals surface area contributed by atoms with Crippen molar-refractivity contribution in [3.63, 3.8) is 0 Å². The molecule has 0 rings (SSSR count). The van der Waals surface area contributed by atoms with Crippen LogP contribution in [0.2, 0.25) is 0 Å². The van der Waals surface area contributed by atoms with E-state index in [4.69, 9.17) is 15.9 Å². The first kappa shape index (κ1) is 35.9. The summed E-state index contributed by atoms with van der Waals surface area (Å²) in [5.74, 6) is 29.3. The number of hydrogen-bond donors (Lipinski definition) is 2. The van der Waals surface area contributed by atoms with Gasteiger partial charge in [-0.2, -0.15) is 0 Å². The third-order valence-electron chi connectivity index (χ3n) is 4.75. The first-order valence-corrected chi connectivity index (χ1v) is 12.6. The summed E-state index contributed by atoms with van der Waals surface area (Å²) in [6.45, 7) is 1.48. The summed E-state index contributed by atoms with van der Waals surface area (Å²) in [6.07, 6.45) is 17.4. The van der Waals surface area contributed by atoms with E-state index in [1.165, 1.54) is 51.4 Å². The fraction of sp³-hybridized carbons (Fsp3) is 0.500. The van der Waals surface area contributed by atoms with E-state index < -0.39 is 24.6 Å². The van der Waals surface area contributed by atoms with Gasteiger partial charge in [0.05, 0.1) is 6.61 Å². The Morgan fingerprint density at radius 3 is 1.66 bits per heavy atom. The Balaban J connectivity index is -0.0000000712. The van der Waals surface area contributed by atoms with Crippen molar-refractivity contribution < 1.29 is 42.7 Å². The minimum Gasteiger partial charge on any atom is -0.456 e. The standard InChI is InChI=1S/C32H34O5.H3N.13H2/c1-3-5-7-9-11-13-15-17-18-20-22-24-26-31(34)36-29-30(28-33)37-32(35)27-25-23-21-19-16-14-12-10-8-6-4-2;;;;;;;;;;;;;;/h1,30,33H,4,6,8,10,12,14,16,19,21,23,25,27-29H2,2H3;1H3;13*1H/t30-;;;;;;;;;;;;;;/m1............../s1. The molecule has 0 radical (unpaired) electrons. The van der Waals surface area contributed by atoms with Gasteiger partial charge in [-0.15, -0.1) is 6.42 Å². The van der Waals surface area contributed by atoms with Crippen LogP contribution in [-0.4, -0.2) is 36.4 Å². The lowest BCUT2D eigenvalue weighted by atomic mass is 10.1. The van der Waals surface area contributed by atoms with E-state index in [-0.39, 0.29) is 37.7 Å². The minimum absolute atomic E-state index is 0. The van der Waals surface area contributed by atoms with Crippen molar-refractivity contribution in [2.75, 3.05) is 13.2 Å². The van der Waals surface area contributed by atoms with Crippen LogP contribution in [0.1, 0.15) is 103 Å². The summed E-state index contributed by atoms with van der Waals surface area (Å²) in [5.41, 5.74) is 0. The van der Waals surface area contributed by atoms with Gasteiger partial charge in [0.15, 0.2) is 6.10 Å². The van der Waals surface area contributed by atoms with E-state index >= 15 is 0 Å². The molecule has 0 aromatic rings. The molecule has 226 valence electrons. The number of terminal acetylenes is 1. The minimum atomic E-state index is -0.929. The van der Waals surface area contributed by atoms with Gasteiger partial charge in [-0.3, -0.25) is 4.79 Å². The molecule has 0 unspecified atom stereocenters. The van der Waals surface area contributed by atoms with Gasteiger partial charge in [0.1, 0.15) is 6.61 Å². The number of carbonyl (C=O) groups excluding carboxylic acids is 2. The maximum atomic E-state index is 12.0. The third-order valence-corrected chi connectivity index (χ3v) is 4.75. The molecule has 0 heterocycles. The van der Waals surface area contributed by atoms with Crippen molar-refractivity contribution >= 4 is 11.9 Å². The third kappa shape index (κ3) is 26.4. The lowest BCUT2D eigenvalue weighted by molar-refractivity contribution is -0.159. The highest BCUT2D eigenvalue weighted by molar-refractivity contribution is 5.89. The van der Waals surface area contributed by atoms with Crippen LogP contribution in [0, 0.1) is 83.4 Å². The van der Waals surface area contributed by atoms with Crippen LogP contribution in [0.15, 0.2) is 0 Å². The summed E-state index contributed by atoms with van der Waals surface area (Å²) in [7, 11) is 0. The molecule has 6 nitrogen and oxygen atoms in total. The number of carbonyl (C=O) groups is 2. The van der Waals surface area contributed by atoms with Gasteiger partial charge in [0, 0.05) is 30.9 Å². The number of unbranched alkanes of at least 4 members (excludes halogenated alkanes) is 10. The molecule has 0 saturated carbocycles. The lowest BCUT2D eigenvalue weighted by Crippen LogP contribution is -2.28. The molecule has 0 bridgehead atoms. The Morgan fingerprint density at radius 1 is 0.737 bits per heavy atom. The summed E-state index contributed by atoms with van der Waals surface area (Å²) in [5, 5.41) is 9.36. The quantitative estimate of drug-likeness (QED) is 0.0930. The van der Waals surface area contributed by atoms with Crippen molar-refractivity contribution in [1.82, 2.24) is 6.15 Å². The van der Waals surface area contributed by atoms with Crippen LogP contribution in [0.3, 0.4) is 0 Å². The van der Waals surface area contributed by atoms with Crippen molar-refractivity contribution in [2.24, 2.45) is 0 Å². The van der Waals surface area contributed by atoms with Gasteiger partial charge < -0.3 is 20.7 Å². The number of aliphatic hydroxyl groups is 1. The number of esters is 2. The molecule has 0 saturated heterocycles. The number of hydrogen-bond acceptors (Lipinski definition) is 6. The second kappa shape index (κ2) is 29.0. The zero-order chi connectivity index (χ0) is 27.2. The zero-order valence-electron chi connectivity index (χ0n) is 22.3. The van der Waals surface area contributed by atoms with Crippen LogP contribution < -0.4 is 6.15 Å². The Hall–Kier alpha value is -4.22. The molecule has 0 fully saturated rings. The second-order valence-corrected chi connectivity index (χ2v) is 7.82. The second-order valence-electron chi connectivity index (χ2n) is 7.82. The lowest BCUT2D eigenvalue weighted by Gasteiger charge is -2.14. The molecule has 0 spiro atoms. The summed E-state index contributed by atoms with van der Waals surface area (Å²) in [4.78, 5) is 23.6. The molecule has 0 aromatic carbocycles. The summed E-state index contributed by atoms with van der Waals surface area (Å²) in [6, 6.07) is 0. The average Bonchev–Trinajstić information content (AvgIpc) is 2.90. The van der Waals surface area contributed by atoms with Crippen LogP contribution in [-0.2, 0) is 19.1 Å². The molecule has 0 aliphatic rings. The summed E-state index contributed by atoms with van der Waals surface area (Å²) >= 11 is 0. The van der Waals surface area contributed by atoms with Gasteiger partial charge in [-0.25, -0.2) is 4.79 Å². The first-order valence-electron chi connectivity index (χ1n) is 12.6. The molecule has 0 aliphatic carbocycles. The smallest absolute Gasteiger partial charge is 0.385 e. The first-order chi connectivity index (χ1) is 18.1. The van der Waals surface area contributed by atoms with Gasteiger partial charge in [0.25, 0.3) is 0 Å². The molecule has 0 aliphatic heterocycles. The molecule has 0 amide bonds. The Labute approximate surface area is 248 Å². The number of ether oxygens (including phenoxy) is 2. The van der Waals surface area contributed by atoms with Crippen LogP contribution in [0.5, 0.6) is 0 Å². The van der Waals surface area contributed by atoms with E-state index in [0.29, 0.717) is 0 Å². The molecular weight excluding hydrogens is 478 g/mol. The predicted octanol–water partition coefficient (Wildman–Crippen LogP) is 7.15. The van der Waals surface area contributed by atoms with E-state index in [9.17, 15) is 14.7 Å². The van der Waals surface area contributed by atoms with Gasteiger partial charge >= 0.3 is 11.9 Å². The molecule has 1 atom stereocenters. The summed E-state index contributed by atoms with van der Waals surface area (Å²) < 4.78 is 10.1.